The van der Waals surface area contributed by atoms with Crippen LogP contribution in [-0.4, -0.2) is 50.7 Å². The number of piperazine rings is 1. The Labute approximate surface area is 155 Å². The van der Waals surface area contributed by atoms with Gasteiger partial charge in [-0.05, 0) is 31.2 Å². The smallest absolute Gasteiger partial charge is 0.226 e. The minimum atomic E-state index is 0.155. The number of carbonyl (C=O) groups is 1. The third-order valence-electron chi connectivity index (χ3n) is 4.66. The lowest BCUT2D eigenvalue weighted by atomic mass is 10.2. The zero-order valence-electron chi connectivity index (χ0n) is 15.5. The predicted molar refractivity (Wildman–Crippen MR) is 103 cm³/mol. The number of ether oxygens (including phenoxy) is 2. The lowest BCUT2D eigenvalue weighted by Crippen LogP contribution is -2.49. The molecule has 1 fully saturated rings. The Kier molecular flexibility index (Phi) is 6.00. The first-order valence-corrected chi connectivity index (χ1v) is 9.02. The number of methoxy groups -OCH3 is 1. The van der Waals surface area contributed by atoms with Crippen LogP contribution in [0.1, 0.15) is 12.0 Å². The summed E-state index contributed by atoms with van der Waals surface area (Å²) in [7, 11) is 1.67. The van der Waals surface area contributed by atoms with Crippen LogP contribution in [-0.2, 0) is 4.79 Å². The van der Waals surface area contributed by atoms with Gasteiger partial charge >= 0.3 is 0 Å². The van der Waals surface area contributed by atoms with Gasteiger partial charge in [0.1, 0.15) is 11.5 Å². The number of aryl methyl sites for hydroxylation is 1. The molecule has 0 aromatic heterocycles. The topological polar surface area (TPSA) is 42.0 Å². The molecule has 0 radical (unpaired) electrons. The van der Waals surface area contributed by atoms with Crippen molar-refractivity contribution in [2.75, 3.05) is 44.8 Å². The maximum Gasteiger partial charge on any atom is 0.226 e. The van der Waals surface area contributed by atoms with E-state index in [0.717, 1.165) is 43.4 Å². The number of benzene rings is 2. The molecule has 0 saturated carbocycles. The van der Waals surface area contributed by atoms with Crippen molar-refractivity contribution in [1.29, 1.82) is 0 Å². The highest BCUT2D eigenvalue weighted by Crippen LogP contribution is 2.22. The molecule has 2 aromatic carbocycles. The maximum absolute atomic E-state index is 12.4. The molecule has 5 heteroatoms. The van der Waals surface area contributed by atoms with E-state index < -0.39 is 0 Å². The van der Waals surface area contributed by atoms with Crippen LogP contribution in [0.5, 0.6) is 11.5 Å². The van der Waals surface area contributed by atoms with Crippen molar-refractivity contribution >= 4 is 11.6 Å². The third kappa shape index (κ3) is 4.69. The van der Waals surface area contributed by atoms with E-state index in [1.807, 2.05) is 54.3 Å². The summed E-state index contributed by atoms with van der Waals surface area (Å²) in [5, 5.41) is 0. The molecule has 1 saturated heterocycles. The summed E-state index contributed by atoms with van der Waals surface area (Å²) in [5.41, 5.74) is 2.33. The van der Waals surface area contributed by atoms with E-state index in [1.165, 1.54) is 5.56 Å². The Balaban J connectivity index is 1.43. The minimum Gasteiger partial charge on any atom is -0.497 e. The van der Waals surface area contributed by atoms with Gasteiger partial charge < -0.3 is 19.3 Å². The molecule has 5 nitrogen and oxygen atoms in total. The van der Waals surface area contributed by atoms with Crippen molar-refractivity contribution in [3.63, 3.8) is 0 Å². The molecular weight excluding hydrogens is 328 g/mol. The van der Waals surface area contributed by atoms with Crippen LogP contribution in [0.4, 0.5) is 5.69 Å². The lowest BCUT2D eigenvalue weighted by Gasteiger charge is -2.36. The Hall–Kier alpha value is -2.69. The highest BCUT2D eigenvalue weighted by molar-refractivity contribution is 5.76. The predicted octanol–water partition coefficient (Wildman–Crippen LogP) is 3.12. The minimum absolute atomic E-state index is 0.155. The Bertz CT molecular complexity index is 722. The summed E-state index contributed by atoms with van der Waals surface area (Å²) in [4.78, 5) is 16.6. The van der Waals surface area contributed by atoms with Crippen LogP contribution in [0.25, 0.3) is 0 Å². The van der Waals surface area contributed by atoms with Gasteiger partial charge in [-0.15, -0.1) is 0 Å². The van der Waals surface area contributed by atoms with Crippen LogP contribution < -0.4 is 14.4 Å². The van der Waals surface area contributed by atoms with E-state index in [2.05, 4.69) is 11.0 Å². The van der Waals surface area contributed by atoms with Crippen molar-refractivity contribution in [2.24, 2.45) is 0 Å². The molecule has 26 heavy (non-hydrogen) atoms. The van der Waals surface area contributed by atoms with Crippen molar-refractivity contribution in [2.45, 2.75) is 13.3 Å². The molecule has 3 rings (SSSR count). The van der Waals surface area contributed by atoms with E-state index in [4.69, 9.17) is 9.47 Å². The largest absolute Gasteiger partial charge is 0.497 e. The second-order valence-corrected chi connectivity index (χ2v) is 6.48. The van der Waals surface area contributed by atoms with Gasteiger partial charge in [0.2, 0.25) is 5.91 Å². The van der Waals surface area contributed by atoms with E-state index in [-0.39, 0.29) is 5.91 Å². The molecular formula is C21H26N2O3. The highest BCUT2D eigenvalue weighted by Gasteiger charge is 2.21. The van der Waals surface area contributed by atoms with Crippen LogP contribution >= 0.6 is 0 Å². The summed E-state index contributed by atoms with van der Waals surface area (Å²) < 4.78 is 11.0. The molecule has 1 heterocycles. The number of nitrogens with zero attached hydrogens (tertiary/aromatic N) is 2. The number of carbonyl (C=O) groups excluding carboxylic acids is 1. The van der Waals surface area contributed by atoms with Gasteiger partial charge in [-0.1, -0.05) is 23.8 Å². The summed E-state index contributed by atoms with van der Waals surface area (Å²) >= 11 is 0. The molecule has 138 valence electrons. The Morgan fingerprint density at radius 2 is 1.73 bits per heavy atom. The number of rotatable bonds is 6. The Morgan fingerprint density at radius 1 is 1.00 bits per heavy atom. The molecule has 0 unspecified atom stereocenters. The summed E-state index contributed by atoms with van der Waals surface area (Å²) in [6, 6.07) is 15.9. The van der Waals surface area contributed by atoms with Crippen molar-refractivity contribution < 1.29 is 14.3 Å². The SMILES string of the molecule is COc1cccc(N2CCN(C(=O)CCOc3ccc(C)cc3)CC2)c1. The summed E-state index contributed by atoms with van der Waals surface area (Å²) in [5.74, 6) is 1.82. The molecule has 1 amide bonds. The fourth-order valence-corrected chi connectivity index (χ4v) is 3.07. The number of anilines is 1. The van der Waals surface area contributed by atoms with Gasteiger partial charge in [-0.3, -0.25) is 4.79 Å². The van der Waals surface area contributed by atoms with E-state index in [1.54, 1.807) is 7.11 Å². The molecule has 0 aliphatic carbocycles. The first-order valence-electron chi connectivity index (χ1n) is 9.02. The maximum atomic E-state index is 12.4. The average Bonchev–Trinajstić information content (AvgIpc) is 2.69. The fraction of sp³-hybridized carbons (Fsp3) is 0.381. The molecule has 0 bridgehead atoms. The monoisotopic (exact) mass is 354 g/mol. The lowest BCUT2D eigenvalue weighted by molar-refractivity contribution is -0.132. The number of hydrogen-bond donors (Lipinski definition) is 0. The van der Waals surface area contributed by atoms with Gasteiger partial charge in [0.05, 0.1) is 20.1 Å². The number of amides is 1. The van der Waals surface area contributed by atoms with E-state index in [0.29, 0.717) is 13.0 Å². The third-order valence-corrected chi connectivity index (χ3v) is 4.66. The molecule has 1 aliphatic rings. The highest BCUT2D eigenvalue weighted by atomic mass is 16.5. The number of hydrogen-bond acceptors (Lipinski definition) is 4. The molecule has 0 N–H and O–H groups in total. The van der Waals surface area contributed by atoms with Crippen LogP contribution in [0, 0.1) is 6.92 Å². The zero-order chi connectivity index (χ0) is 18.4. The Morgan fingerprint density at radius 3 is 2.42 bits per heavy atom. The van der Waals surface area contributed by atoms with Crippen molar-refractivity contribution in [3.8, 4) is 11.5 Å². The molecule has 2 aromatic rings. The molecule has 0 atom stereocenters. The van der Waals surface area contributed by atoms with Gasteiger partial charge in [-0.2, -0.15) is 0 Å². The van der Waals surface area contributed by atoms with Gasteiger partial charge in [-0.25, -0.2) is 0 Å². The first kappa shape index (κ1) is 18.1. The standard InChI is InChI=1S/C21H26N2O3/c1-17-6-8-19(9-7-17)26-15-10-21(24)23-13-11-22(12-14-23)18-4-3-5-20(16-18)25-2/h3-9,16H,10-15H2,1-2H3. The first-order chi connectivity index (χ1) is 12.7. The van der Waals surface area contributed by atoms with Gasteiger partial charge in [0, 0.05) is 37.9 Å². The van der Waals surface area contributed by atoms with Crippen LogP contribution in [0.3, 0.4) is 0 Å². The summed E-state index contributed by atoms with van der Waals surface area (Å²) in [6.45, 7) is 5.59. The fourth-order valence-electron chi connectivity index (χ4n) is 3.07. The molecule has 0 spiro atoms. The second-order valence-electron chi connectivity index (χ2n) is 6.48. The summed E-state index contributed by atoms with van der Waals surface area (Å²) in [6.07, 6.45) is 0.410. The van der Waals surface area contributed by atoms with Gasteiger partial charge in [0.15, 0.2) is 0 Å². The van der Waals surface area contributed by atoms with Crippen LogP contribution in [0.2, 0.25) is 0 Å². The normalized spacial score (nSPS) is 14.2. The molecule has 1 aliphatic heterocycles. The zero-order valence-corrected chi connectivity index (χ0v) is 15.5. The van der Waals surface area contributed by atoms with Crippen molar-refractivity contribution in [3.05, 3.63) is 54.1 Å². The van der Waals surface area contributed by atoms with Gasteiger partial charge in [0.25, 0.3) is 0 Å². The van der Waals surface area contributed by atoms with E-state index >= 15 is 0 Å². The quantitative estimate of drug-likeness (QED) is 0.799. The van der Waals surface area contributed by atoms with Crippen LogP contribution in [0.15, 0.2) is 48.5 Å². The second kappa shape index (κ2) is 8.61. The average molecular weight is 354 g/mol. The van der Waals surface area contributed by atoms with E-state index in [9.17, 15) is 4.79 Å². The van der Waals surface area contributed by atoms with Crippen molar-refractivity contribution in [1.82, 2.24) is 4.90 Å².